The van der Waals surface area contributed by atoms with Gasteiger partial charge in [0.1, 0.15) is 0 Å². The topological polar surface area (TPSA) is 75.4 Å². The molecule has 3 fully saturated rings. The summed E-state index contributed by atoms with van der Waals surface area (Å²) in [5.74, 6) is 0.542. The van der Waals surface area contributed by atoms with Crippen LogP contribution in [0.3, 0.4) is 0 Å². The first-order valence-electron chi connectivity index (χ1n) is 11.6. The number of carbonyl (C=O) groups excluding carboxylic acids is 2. The highest BCUT2D eigenvalue weighted by Crippen LogP contribution is 2.59. The fourth-order valence-corrected chi connectivity index (χ4v) is 5.87. The Morgan fingerprint density at radius 2 is 1.84 bits per heavy atom. The minimum atomic E-state index is -0.0856. The molecule has 1 saturated heterocycles. The standard InChI is InChI=1S/C25H31N3O3/c1-18-21(31-17-27-18)23(30)28-13-11-24(12-14-28)15-20(24)22(29)26-16-25(9-5-6-10-25)19-7-3-2-4-8-19/h2-4,7-8,17,20H,5-6,9-16H2,1H3,(H,26,29). The van der Waals surface area contributed by atoms with Gasteiger partial charge >= 0.3 is 0 Å². The molecule has 2 aliphatic carbocycles. The first-order chi connectivity index (χ1) is 15.0. The van der Waals surface area contributed by atoms with Crippen LogP contribution in [0, 0.1) is 18.3 Å². The van der Waals surface area contributed by atoms with Gasteiger partial charge in [0.15, 0.2) is 6.39 Å². The van der Waals surface area contributed by atoms with Crippen LogP contribution in [-0.4, -0.2) is 41.3 Å². The average Bonchev–Trinajstić information content (AvgIpc) is 3.12. The van der Waals surface area contributed by atoms with Gasteiger partial charge in [-0.2, -0.15) is 0 Å². The minimum Gasteiger partial charge on any atom is -0.438 e. The maximum Gasteiger partial charge on any atom is 0.291 e. The molecule has 31 heavy (non-hydrogen) atoms. The highest BCUT2D eigenvalue weighted by Gasteiger charge is 2.59. The largest absolute Gasteiger partial charge is 0.438 e. The van der Waals surface area contributed by atoms with E-state index in [4.69, 9.17) is 4.42 Å². The molecular formula is C25H31N3O3. The summed E-state index contributed by atoms with van der Waals surface area (Å²) in [6, 6.07) is 10.7. The molecule has 2 amide bonds. The molecule has 1 aromatic carbocycles. The second-order valence-electron chi connectivity index (χ2n) is 9.75. The Kier molecular flexibility index (Phi) is 5.11. The number of benzene rings is 1. The lowest BCUT2D eigenvalue weighted by Gasteiger charge is -2.33. The molecule has 0 bridgehead atoms. The summed E-state index contributed by atoms with van der Waals surface area (Å²) in [4.78, 5) is 31.6. The van der Waals surface area contributed by atoms with Crippen molar-refractivity contribution < 1.29 is 14.0 Å². The fraction of sp³-hybridized carbons (Fsp3) is 0.560. The summed E-state index contributed by atoms with van der Waals surface area (Å²) >= 11 is 0. The lowest BCUT2D eigenvalue weighted by molar-refractivity contribution is -0.123. The van der Waals surface area contributed by atoms with Crippen molar-refractivity contribution in [3.63, 3.8) is 0 Å². The Hall–Kier alpha value is -2.63. The number of oxazole rings is 1. The monoisotopic (exact) mass is 421 g/mol. The van der Waals surface area contributed by atoms with Crippen molar-refractivity contribution in [2.45, 2.75) is 57.3 Å². The Labute approximate surface area is 183 Å². The number of aromatic nitrogens is 1. The van der Waals surface area contributed by atoms with Crippen molar-refractivity contribution in [1.29, 1.82) is 0 Å². The molecule has 1 unspecified atom stereocenters. The van der Waals surface area contributed by atoms with Crippen molar-refractivity contribution in [1.82, 2.24) is 15.2 Å². The van der Waals surface area contributed by atoms with Crippen LogP contribution in [0.2, 0.25) is 0 Å². The number of likely N-dealkylation sites (tertiary alicyclic amines) is 1. The normalized spacial score (nSPS) is 23.6. The Morgan fingerprint density at radius 1 is 1.13 bits per heavy atom. The quantitative estimate of drug-likeness (QED) is 0.796. The zero-order chi connectivity index (χ0) is 21.5. The molecule has 1 atom stereocenters. The summed E-state index contributed by atoms with van der Waals surface area (Å²) in [6.07, 6.45) is 8.78. The summed E-state index contributed by atoms with van der Waals surface area (Å²) in [6.45, 7) is 3.88. The van der Waals surface area contributed by atoms with Gasteiger partial charge in [-0.3, -0.25) is 9.59 Å². The van der Waals surface area contributed by atoms with Crippen LogP contribution in [0.5, 0.6) is 0 Å². The maximum atomic E-state index is 13.0. The Balaban J connectivity index is 1.17. The van der Waals surface area contributed by atoms with Gasteiger partial charge in [0, 0.05) is 31.0 Å². The number of nitrogens with one attached hydrogen (secondary N) is 1. The molecule has 1 aromatic heterocycles. The van der Waals surface area contributed by atoms with E-state index < -0.39 is 0 Å². The number of rotatable bonds is 5. The first-order valence-corrected chi connectivity index (χ1v) is 11.6. The lowest BCUT2D eigenvalue weighted by atomic mass is 9.78. The third-order valence-corrected chi connectivity index (χ3v) is 8.04. The van der Waals surface area contributed by atoms with E-state index in [2.05, 4.69) is 40.6 Å². The maximum absolute atomic E-state index is 13.0. The van der Waals surface area contributed by atoms with E-state index in [1.54, 1.807) is 6.92 Å². The third kappa shape index (κ3) is 3.66. The molecule has 6 heteroatoms. The van der Waals surface area contributed by atoms with Gasteiger partial charge in [0.25, 0.3) is 5.91 Å². The van der Waals surface area contributed by atoms with Crippen LogP contribution in [0.25, 0.3) is 0 Å². The van der Waals surface area contributed by atoms with Gasteiger partial charge in [0.05, 0.1) is 5.69 Å². The lowest BCUT2D eigenvalue weighted by Crippen LogP contribution is -2.42. The van der Waals surface area contributed by atoms with E-state index in [1.807, 2.05) is 4.90 Å². The molecule has 2 heterocycles. The average molecular weight is 422 g/mol. The molecule has 1 N–H and O–H groups in total. The number of piperidine rings is 1. The van der Waals surface area contributed by atoms with Crippen molar-refractivity contribution in [3.05, 3.63) is 53.7 Å². The Morgan fingerprint density at radius 3 is 2.48 bits per heavy atom. The Bertz CT molecular complexity index is 953. The summed E-state index contributed by atoms with van der Waals surface area (Å²) in [5.41, 5.74) is 2.15. The van der Waals surface area contributed by atoms with Gasteiger partial charge in [-0.25, -0.2) is 4.98 Å². The number of aryl methyl sites for hydroxylation is 1. The van der Waals surface area contributed by atoms with Gasteiger partial charge in [-0.05, 0) is 50.0 Å². The number of hydrogen-bond acceptors (Lipinski definition) is 4. The molecule has 2 saturated carbocycles. The molecule has 1 spiro atoms. The van der Waals surface area contributed by atoms with E-state index in [0.29, 0.717) is 24.5 Å². The zero-order valence-electron chi connectivity index (χ0n) is 18.2. The van der Waals surface area contributed by atoms with Crippen LogP contribution in [0.15, 0.2) is 41.1 Å². The number of hydrogen-bond donors (Lipinski definition) is 1. The van der Waals surface area contributed by atoms with E-state index >= 15 is 0 Å². The van der Waals surface area contributed by atoms with Crippen molar-refractivity contribution >= 4 is 11.8 Å². The molecular weight excluding hydrogens is 390 g/mol. The van der Waals surface area contributed by atoms with Crippen molar-refractivity contribution in [2.75, 3.05) is 19.6 Å². The third-order valence-electron chi connectivity index (χ3n) is 8.04. The summed E-state index contributed by atoms with van der Waals surface area (Å²) in [5, 5.41) is 3.32. The van der Waals surface area contributed by atoms with E-state index in [-0.39, 0.29) is 28.6 Å². The van der Waals surface area contributed by atoms with Crippen LogP contribution in [-0.2, 0) is 10.2 Å². The minimum absolute atomic E-state index is 0.0763. The van der Waals surface area contributed by atoms with E-state index in [9.17, 15) is 9.59 Å². The number of nitrogens with zero attached hydrogens (tertiary/aromatic N) is 2. The van der Waals surface area contributed by atoms with Crippen LogP contribution < -0.4 is 5.32 Å². The van der Waals surface area contributed by atoms with Crippen LogP contribution in [0.4, 0.5) is 0 Å². The zero-order valence-corrected chi connectivity index (χ0v) is 18.2. The molecule has 6 nitrogen and oxygen atoms in total. The SMILES string of the molecule is Cc1ncoc1C(=O)N1CCC2(CC1)CC2C(=O)NCC1(c2ccccc2)CCCC1. The van der Waals surface area contributed by atoms with E-state index in [0.717, 1.165) is 38.6 Å². The highest BCUT2D eigenvalue weighted by molar-refractivity contribution is 5.92. The predicted octanol–water partition coefficient (Wildman–Crippen LogP) is 3.85. The molecule has 3 aliphatic rings. The van der Waals surface area contributed by atoms with E-state index in [1.165, 1.54) is 24.8 Å². The first kappa shape index (κ1) is 20.3. The highest BCUT2D eigenvalue weighted by atomic mass is 16.3. The smallest absolute Gasteiger partial charge is 0.291 e. The molecule has 5 rings (SSSR count). The van der Waals surface area contributed by atoms with Crippen LogP contribution >= 0.6 is 0 Å². The second-order valence-corrected chi connectivity index (χ2v) is 9.75. The van der Waals surface area contributed by atoms with Gasteiger partial charge in [0.2, 0.25) is 11.7 Å². The van der Waals surface area contributed by atoms with Crippen molar-refractivity contribution in [3.8, 4) is 0 Å². The fourth-order valence-electron chi connectivity index (χ4n) is 5.87. The molecule has 164 valence electrons. The molecule has 0 radical (unpaired) electrons. The summed E-state index contributed by atoms with van der Waals surface area (Å²) < 4.78 is 5.27. The summed E-state index contributed by atoms with van der Waals surface area (Å²) in [7, 11) is 0. The van der Waals surface area contributed by atoms with Gasteiger partial charge < -0.3 is 14.6 Å². The molecule has 2 aromatic rings. The second kappa shape index (κ2) is 7.81. The molecule has 1 aliphatic heterocycles. The predicted molar refractivity (Wildman–Crippen MR) is 117 cm³/mol. The van der Waals surface area contributed by atoms with Crippen LogP contribution in [0.1, 0.15) is 66.8 Å². The van der Waals surface area contributed by atoms with Gasteiger partial charge in [-0.1, -0.05) is 43.2 Å². The van der Waals surface area contributed by atoms with Crippen molar-refractivity contribution in [2.24, 2.45) is 11.3 Å². The number of amides is 2. The van der Waals surface area contributed by atoms with Gasteiger partial charge in [-0.15, -0.1) is 0 Å². The number of carbonyl (C=O) groups is 2.